The van der Waals surface area contributed by atoms with Crippen LogP contribution in [-0.4, -0.2) is 50.5 Å². The number of rotatable bonds is 6. The Labute approximate surface area is 130 Å². The van der Waals surface area contributed by atoms with Crippen LogP contribution in [0.4, 0.5) is 5.82 Å². The third kappa shape index (κ3) is 3.85. The lowest BCUT2D eigenvalue weighted by Crippen LogP contribution is -2.34. The van der Waals surface area contributed by atoms with Crippen LogP contribution in [0.15, 0.2) is 41.1 Å². The molecular formula is C16H22N4O2. The van der Waals surface area contributed by atoms with Crippen LogP contribution in [0.2, 0.25) is 0 Å². The topological polar surface area (TPSA) is 61.6 Å². The molecule has 6 nitrogen and oxygen atoms in total. The highest BCUT2D eigenvalue weighted by Gasteiger charge is 2.18. The van der Waals surface area contributed by atoms with Crippen molar-refractivity contribution in [3.8, 4) is 0 Å². The van der Waals surface area contributed by atoms with Crippen molar-refractivity contribution in [1.82, 2.24) is 15.2 Å². The van der Waals surface area contributed by atoms with E-state index < -0.39 is 0 Å². The van der Waals surface area contributed by atoms with Gasteiger partial charge in [-0.2, -0.15) is 0 Å². The molecule has 2 rings (SSSR count). The van der Waals surface area contributed by atoms with Gasteiger partial charge in [-0.1, -0.05) is 0 Å². The summed E-state index contributed by atoms with van der Waals surface area (Å²) in [6.45, 7) is 0.471. The van der Waals surface area contributed by atoms with E-state index in [9.17, 15) is 4.79 Å². The largest absolute Gasteiger partial charge is 0.468 e. The van der Waals surface area contributed by atoms with Crippen LogP contribution in [0, 0.1) is 0 Å². The molecule has 0 aromatic carbocycles. The van der Waals surface area contributed by atoms with Gasteiger partial charge >= 0.3 is 0 Å². The second-order valence-corrected chi connectivity index (χ2v) is 5.50. The van der Waals surface area contributed by atoms with Crippen molar-refractivity contribution in [1.29, 1.82) is 0 Å². The van der Waals surface area contributed by atoms with Gasteiger partial charge in [0.15, 0.2) is 0 Å². The number of anilines is 1. The summed E-state index contributed by atoms with van der Waals surface area (Å²) in [5.41, 5.74) is 0.593. The van der Waals surface area contributed by atoms with E-state index in [1.165, 1.54) is 0 Å². The molecule has 0 radical (unpaired) electrons. The van der Waals surface area contributed by atoms with Crippen molar-refractivity contribution >= 4 is 11.7 Å². The first-order chi connectivity index (χ1) is 10.5. The fraction of sp³-hybridized carbons (Fsp3) is 0.375. The normalized spacial score (nSPS) is 12.2. The summed E-state index contributed by atoms with van der Waals surface area (Å²) in [6.07, 6.45) is 3.28. The number of pyridine rings is 1. The minimum atomic E-state index is -0.121. The molecule has 6 heteroatoms. The number of nitrogens with one attached hydrogen (secondary N) is 1. The van der Waals surface area contributed by atoms with Gasteiger partial charge in [-0.25, -0.2) is 4.98 Å². The summed E-state index contributed by atoms with van der Waals surface area (Å²) < 4.78 is 5.44. The summed E-state index contributed by atoms with van der Waals surface area (Å²) in [5.74, 6) is 1.46. The minimum Gasteiger partial charge on any atom is -0.468 e. The Morgan fingerprint density at radius 3 is 2.68 bits per heavy atom. The van der Waals surface area contributed by atoms with Crippen LogP contribution >= 0.6 is 0 Å². The Balaban J connectivity index is 2.04. The molecule has 0 aliphatic heterocycles. The summed E-state index contributed by atoms with van der Waals surface area (Å²) in [6, 6.07) is 7.23. The van der Waals surface area contributed by atoms with Gasteiger partial charge < -0.3 is 14.6 Å². The van der Waals surface area contributed by atoms with Crippen molar-refractivity contribution in [3.63, 3.8) is 0 Å². The summed E-state index contributed by atoms with van der Waals surface area (Å²) in [4.78, 5) is 20.4. The average molecular weight is 302 g/mol. The van der Waals surface area contributed by atoms with Crippen molar-refractivity contribution in [3.05, 3.63) is 48.0 Å². The summed E-state index contributed by atoms with van der Waals surface area (Å²) in [7, 11) is 7.69. The highest BCUT2D eigenvalue weighted by molar-refractivity contribution is 5.94. The number of aromatic nitrogens is 1. The molecule has 0 aliphatic carbocycles. The lowest BCUT2D eigenvalue weighted by atomic mass is 10.2. The first-order valence-electron chi connectivity index (χ1n) is 7.10. The molecule has 0 saturated heterocycles. The monoisotopic (exact) mass is 302 g/mol. The Hall–Kier alpha value is -2.34. The SMILES string of the molecule is CN(C)c1cc(C(=O)NC[C@H](c2ccco2)N(C)C)ccn1. The van der Waals surface area contributed by atoms with Crippen LogP contribution in [-0.2, 0) is 0 Å². The third-order valence-electron chi connectivity index (χ3n) is 3.42. The lowest BCUT2D eigenvalue weighted by molar-refractivity contribution is 0.0939. The van der Waals surface area contributed by atoms with Gasteiger partial charge in [-0.05, 0) is 38.4 Å². The fourth-order valence-electron chi connectivity index (χ4n) is 2.11. The first kappa shape index (κ1) is 16.0. The molecule has 1 atom stereocenters. The Morgan fingerprint density at radius 2 is 2.09 bits per heavy atom. The second-order valence-electron chi connectivity index (χ2n) is 5.50. The highest BCUT2D eigenvalue weighted by atomic mass is 16.3. The molecule has 0 unspecified atom stereocenters. The quantitative estimate of drug-likeness (QED) is 0.881. The zero-order valence-electron chi connectivity index (χ0n) is 13.4. The second kappa shape index (κ2) is 7.09. The van der Waals surface area contributed by atoms with Crippen LogP contribution < -0.4 is 10.2 Å². The maximum Gasteiger partial charge on any atom is 0.251 e. The van der Waals surface area contributed by atoms with E-state index in [0.29, 0.717) is 12.1 Å². The third-order valence-corrected chi connectivity index (χ3v) is 3.42. The number of carbonyl (C=O) groups is 1. The predicted molar refractivity (Wildman–Crippen MR) is 86.0 cm³/mol. The molecule has 118 valence electrons. The maximum atomic E-state index is 12.3. The molecular weight excluding hydrogens is 280 g/mol. The van der Waals surface area contributed by atoms with Crippen molar-refractivity contribution in [2.24, 2.45) is 0 Å². The number of carbonyl (C=O) groups excluding carboxylic acids is 1. The first-order valence-corrected chi connectivity index (χ1v) is 7.10. The number of furan rings is 1. The molecule has 1 amide bonds. The van der Waals surface area contributed by atoms with Gasteiger partial charge in [0.05, 0.1) is 12.3 Å². The molecule has 0 spiro atoms. The van der Waals surface area contributed by atoms with E-state index in [4.69, 9.17) is 4.42 Å². The smallest absolute Gasteiger partial charge is 0.251 e. The highest BCUT2D eigenvalue weighted by Crippen LogP contribution is 2.18. The molecule has 0 aliphatic rings. The van der Waals surface area contributed by atoms with Gasteiger partial charge in [0.2, 0.25) is 0 Å². The van der Waals surface area contributed by atoms with Crippen molar-refractivity contribution in [2.45, 2.75) is 6.04 Å². The van der Waals surface area contributed by atoms with Crippen LogP contribution in [0.25, 0.3) is 0 Å². The standard InChI is InChI=1S/C16H22N4O2/c1-19(2)13(14-6-5-9-22-14)11-18-16(21)12-7-8-17-15(10-12)20(3)4/h5-10,13H,11H2,1-4H3,(H,18,21)/t13-/m1/s1. The van der Waals surface area contributed by atoms with Gasteiger partial charge in [0.1, 0.15) is 11.6 Å². The Bertz CT molecular complexity index is 608. The zero-order valence-corrected chi connectivity index (χ0v) is 13.4. The molecule has 1 N–H and O–H groups in total. The van der Waals surface area contributed by atoms with Crippen LogP contribution in [0.3, 0.4) is 0 Å². The number of amides is 1. The van der Waals surface area contributed by atoms with Gasteiger partial charge in [0, 0.05) is 32.4 Å². The van der Waals surface area contributed by atoms with E-state index in [0.717, 1.165) is 11.6 Å². The number of likely N-dealkylation sites (N-methyl/N-ethyl adjacent to an activating group) is 1. The number of hydrogen-bond donors (Lipinski definition) is 1. The van der Waals surface area contributed by atoms with Crippen LogP contribution in [0.5, 0.6) is 0 Å². The van der Waals surface area contributed by atoms with Gasteiger partial charge in [-0.3, -0.25) is 9.69 Å². The number of nitrogens with zero attached hydrogens (tertiary/aromatic N) is 3. The average Bonchev–Trinajstić information content (AvgIpc) is 3.01. The molecule has 2 heterocycles. The molecule has 22 heavy (non-hydrogen) atoms. The van der Waals surface area contributed by atoms with E-state index in [-0.39, 0.29) is 11.9 Å². The van der Waals surface area contributed by atoms with E-state index >= 15 is 0 Å². The molecule has 0 fully saturated rings. The number of hydrogen-bond acceptors (Lipinski definition) is 5. The van der Waals surface area contributed by atoms with Gasteiger partial charge in [-0.15, -0.1) is 0 Å². The lowest BCUT2D eigenvalue weighted by Gasteiger charge is -2.22. The Kier molecular flexibility index (Phi) is 5.16. The van der Waals surface area contributed by atoms with Crippen LogP contribution in [0.1, 0.15) is 22.2 Å². The van der Waals surface area contributed by atoms with E-state index in [1.54, 1.807) is 24.6 Å². The summed E-state index contributed by atoms with van der Waals surface area (Å²) >= 11 is 0. The fourth-order valence-corrected chi connectivity index (χ4v) is 2.11. The predicted octanol–water partition coefficient (Wildman–Crippen LogP) is 1.77. The molecule has 2 aromatic heterocycles. The van der Waals surface area contributed by atoms with E-state index in [2.05, 4.69) is 10.3 Å². The van der Waals surface area contributed by atoms with Crippen molar-refractivity contribution in [2.75, 3.05) is 39.6 Å². The maximum absolute atomic E-state index is 12.3. The summed E-state index contributed by atoms with van der Waals surface area (Å²) in [5, 5.41) is 2.95. The van der Waals surface area contributed by atoms with Crippen molar-refractivity contribution < 1.29 is 9.21 Å². The van der Waals surface area contributed by atoms with E-state index in [1.807, 2.05) is 50.1 Å². The van der Waals surface area contributed by atoms with Gasteiger partial charge in [0.25, 0.3) is 5.91 Å². The molecule has 0 bridgehead atoms. The Morgan fingerprint density at radius 1 is 1.32 bits per heavy atom. The molecule has 0 saturated carbocycles. The zero-order chi connectivity index (χ0) is 16.1. The molecule has 2 aromatic rings. The minimum absolute atomic E-state index is 0.00546.